The topological polar surface area (TPSA) is 72.8 Å². The highest BCUT2D eigenvalue weighted by atomic mass is 16.6. The minimum absolute atomic E-state index is 0.0636. The van der Waals surface area contributed by atoms with Crippen molar-refractivity contribution < 1.29 is 24.2 Å². The Hall–Kier alpha value is -1.36. The van der Waals surface area contributed by atoms with E-state index in [1.54, 1.807) is 0 Å². The molecule has 5 heteroatoms. The molecule has 0 aliphatic carbocycles. The van der Waals surface area contributed by atoms with E-state index in [4.69, 9.17) is 9.47 Å². The average molecular weight is 609 g/mol. The van der Waals surface area contributed by atoms with Crippen LogP contribution in [0.15, 0.2) is 12.2 Å². The van der Waals surface area contributed by atoms with Gasteiger partial charge in [0.25, 0.3) is 0 Å². The molecule has 0 aliphatic rings. The first-order valence-electron chi connectivity index (χ1n) is 18.7. The van der Waals surface area contributed by atoms with Crippen LogP contribution in [0.5, 0.6) is 0 Å². The van der Waals surface area contributed by atoms with Crippen molar-refractivity contribution in [2.75, 3.05) is 13.2 Å². The van der Waals surface area contributed by atoms with Crippen molar-refractivity contribution in [3.8, 4) is 0 Å². The minimum atomic E-state index is -0.767. The van der Waals surface area contributed by atoms with Gasteiger partial charge < -0.3 is 14.6 Å². The SMILES string of the molecule is CCCC/C=C\CCCCCCCC(=O)OC(CO)COC(=O)CCCCCCCCCCCCCCCCCCCC. The summed E-state index contributed by atoms with van der Waals surface area (Å²) in [4.78, 5) is 24.1. The van der Waals surface area contributed by atoms with Crippen LogP contribution in [0.2, 0.25) is 0 Å². The van der Waals surface area contributed by atoms with Crippen LogP contribution in [0.4, 0.5) is 0 Å². The van der Waals surface area contributed by atoms with Gasteiger partial charge in [0.2, 0.25) is 0 Å². The van der Waals surface area contributed by atoms with E-state index in [0.29, 0.717) is 12.8 Å². The van der Waals surface area contributed by atoms with Crippen LogP contribution in [-0.4, -0.2) is 36.4 Å². The van der Waals surface area contributed by atoms with E-state index in [1.165, 1.54) is 135 Å². The summed E-state index contributed by atoms with van der Waals surface area (Å²) in [5, 5.41) is 9.51. The van der Waals surface area contributed by atoms with Gasteiger partial charge in [0.1, 0.15) is 6.61 Å². The Morgan fingerprint density at radius 3 is 1.33 bits per heavy atom. The van der Waals surface area contributed by atoms with Gasteiger partial charge in [0.05, 0.1) is 6.61 Å². The van der Waals surface area contributed by atoms with E-state index in [1.807, 2.05) is 0 Å². The average Bonchev–Trinajstić information content (AvgIpc) is 3.01. The predicted octanol–water partition coefficient (Wildman–Crippen LogP) is 11.3. The fourth-order valence-electron chi connectivity index (χ4n) is 5.42. The molecule has 254 valence electrons. The Morgan fingerprint density at radius 2 is 0.884 bits per heavy atom. The summed E-state index contributed by atoms with van der Waals surface area (Å²) in [7, 11) is 0. The lowest BCUT2D eigenvalue weighted by Crippen LogP contribution is -2.28. The smallest absolute Gasteiger partial charge is 0.306 e. The van der Waals surface area contributed by atoms with Crippen LogP contribution in [-0.2, 0) is 19.1 Å². The van der Waals surface area contributed by atoms with Gasteiger partial charge >= 0.3 is 11.9 Å². The van der Waals surface area contributed by atoms with Gasteiger partial charge in [-0.15, -0.1) is 0 Å². The number of hydrogen-bond donors (Lipinski definition) is 1. The van der Waals surface area contributed by atoms with E-state index in [0.717, 1.165) is 38.5 Å². The summed E-state index contributed by atoms with van der Waals surface area (Å²) in [5.41, 5.74) is 0. The molecule has 0 bridgehead atoms. The zero-order valence-corrected chi connectivity index (χ0v) is 28.7. The van der Waals surface area contributed by atoms with Gasteiger partial charge in [0.15, 0.2) is 6.10 Å². The number of aliphatic hydroxyl groups is 1. The van der Waals surface area contributed by atoms with Crippen molar-refractivity contribution in [2.45, 2.75) is 206 Å². The lowest BCUT2D eigenvalue weighted by atomic mass is 10.0. The van der Waals surface area contributed by atoms with Crippen molar-refractivity contribution in [1.82, 2.24) is 0 Å². The fourth-order valence-corrected chi connectivity index (χ4v) is 5.42. The molecule has 0 amide bonds. The van der Waals surface area contributed by atoms with E-state index in [-0.39, 0.29) is 25.2 Å². The monoisotopic (exact) mass is 609 g/mol. The minimum Gasteiger partial charge on any atom is -0.462 e. The third-order valence-corrected chi connectivity index (χ3v) is 8.31. The molecular formula is C38H72O5. The molecular weight excluding hydrogens is 536 g/mol. The molecule has 43 heavy (non-hydrogen) atoms. The second-order valence-corrected chi connectivity index (χ2v) is 12.7. The molecule has 0 aromatic heterocycles. The Labute approximate surface area is 267 Å². The molecule has 1 N–H and O–H groups in total. The number of ether oxygens (including phenoxy) is 2. The molecule has 1 atom stereocenters. The second kappa shape index (κ2) is 35.1. The number of carbonyl (C=O) groups excluding carboxylic acids is 2. The van der Waals surface area contributed by atoms with Crippen molar-refractivity contribution >= 4 is 11.9 Å². The molecule has 5 nitrogen and oxygen atoms in total. The van der Waals surface area contributed by atoms with Crippen molar-refractivity contribution in [3.05, 3.63) is 12.2 Å². The molecule has 0 fully saturated rings. The van der Waals surface area contributed by atoms with Crippen molar-refractivity contribution in [3.63, 3.8) is 0 Å². The molecule has 1 unspecified atom stereocenters. The Bertz CT molecular complexity index is 617. The summed E-state index contributed by atoms with van der Waals surface area (Å²) < 4.78 is 10.6. The zero-order valence-electron chi connectivity index (χ0n) is 28.7. The maximum Gasteiger partial charge on any atom is 0.306 e. The highest BCUT2D eigenvalue weighted by Crippen LogP contribution is 2.15. The lowest BCUT2D eigenvalue weighted by molar-refractivity contribution is -0.161. The first-order valence-corrected chi connectivity index (χ1v) is 18.7. The van der Waals surface area contributed by atoms with Crippen LogP contribution in [0.3, 0.4) is 0 Å². The summed E-state index contributed by atoms with van der Waals surface area (Å²) in [6.45, 7) is 4.10. The highest BCUT2D eigenvalue weighted by Gasteiger charge is 2.16. The molecule has 0 aromatic carbocycles. The van der Waals surface area contributed by atoms with Gasteiger partial charge in [0, 0.05) is 12.8 Å². The Morgan fingerprint density at radius 1 is 0.512 bits per heavy atom. The molecule has 0 saturated heterocycles. The lowest BCUT2D eigenvalue weighted by Gasteiger charge is -2.15. The normalized spacial score (nSPS) is 12.2. The summed E-state index contributed by atoms with van der Waals surface area (Å²) in [6.07, 6.45) is 38.4. The van der Waals surface area contributed by atoms with Crippen LogP contribution >= 0.6 is 0 Å². The first kappa shape index (κ1) is 41.6. The highest BCUT2D eigenvalue weighted by molar-refractivity contribution is 5.70. The van der Waals surface area contributed by atoms with Gasteiger partial charge in [-0.3, -0.25) is 9.59 Å². The molecule has 0 rings (SSSR count). The zero-order chi connectivity index (χ0) is 31.5. The van der Waals surface area contributed by atoms with Crippen molar-refractivity contribution in [2.24, 2.45) is 0 Å². The molecule has 0 saturated carbocycles. The summed E-state index contributed by atoms with van der Waals surface area (Å²) >= 11 is 0. The van der Waals surface area contributed by atoms with Crippen molar-refractivity contribution in [1.29, 1.82) is 0 Å². The first-order chi connectivity index (χ1) is 21.1. The number of aliphatic hydroxyl groups excluding tert-OH is 1. The van der Waals surface area contributed by atoms with Gasteiger partial charge in [-0.25, -0.2) is 0 Å². The number of rotatable bonds is 34. The van der Waals surface area contributed by atoms with E-state index < -0.39 is 6.10 Å². The quantitative estimate of drug-likeness (QED) is 0.0447. The van der Waals surface area contributed by atoms with Gasteiger partial charge in [-0.05, 0) is 32.1 Å². The van der Waals surface area contributed by atoms with Gasteiger partial charge in [-0.1, -0.05) is 167 Å². The summed E-state index contributed by atoms with van der Waals surface area (Å²) in [5.74, 6) is -0.594. The number of hydrogen-bond acceptors (Lipinski definition) is 5. The van der Waals surface area contributed by atoms with Crippen LogP contribution in [0.25, 0.3) is 0 Å². The molecule has 0 aliphatic heterocycles. The third kappa shape index (κ3) is 33.4. The van der Waals surface area contributed by atoms with Crippen LogP contribution < -0.4 is 0 Å². The largest absolute Gasteiger partial charge is 0.462 e. The molecule has 0 radical (unpaired) electrons. The summed E-state index contributed by atoms with van der Waals surface area (Å²) in [6, 6.07) is 0. The number of allylic oxidation sites excluding steroid dienone is 2. The maximum atomic E-state index is 12.1. The van der Waals surface area contributed by atoms with E-state index in [2.05, 4.69) is 26.0 Å². The molecule has 0 heterocycles. The number of carbonyl (C=O) groups is 2. The van der Waals surface area contributed by atoms with E-state index in [9.17, 15) is 14.7 Å². The molecule has 0 spiro atoms. The van der Waals surface area contributed by atoms with E-state index >= 15 is 0 Å². The van der Waals surface area contributed by atoms with Crippen LogP contribution in [0.1, 0.15) is 200 Å². The standard InChI is InChI=1S/C38H72O5/c1-3-5-7-9-11-13-15-16-17-18-19-20-21-23-24-26-28-30-32-37(40)42-35-36(34-39)43-38(41)33-31-29-27-25-22-14-12-10-8-6-4-2/h10,12,36,39H,3-9,11,13-35H2,1-2H3/b12-10-. The fraction of sp³-hybridized carbons (Fsp3) is 0.895. The second-order valence-electron chi connectivity index (χ2n) is 12.7. The maximum absolute atomic E-state index is 12.1. The van der Waals surface area contributed by atoms with Gasteiger partial charge in [-0.2, -0.15) is 0 Å². The third-order valence-electron chi connectivity index (χ3n) is 8.31. The van der Waals surface area contributed by atoms with Crippen LogP contribution in [0, 0.1) is 0 Å². The predicted molar refractivity (Wildman–Crippen MR) is 182 cm³/mol. The Balaban J connectivity index is 3.50. The molecule has 0 aromatic rings. The number of esters is 2. The number of unbranched alkanes of at least 4 members (excludes halogenated alkanes) is 24. The Kier molecular flexibility index (Phi) is 34.0.